The van der Waals surface area contributed by atoms with Gasteiger partial charge in [-0.3, -0.25) is 9.59 Å². The number of rotatable bonds is 5. The fourth-order valence-corrected chi connectivity index (χ4v) is 3.22. The van der Waals surface area contributed by atoms with Crippen LogP contribution in [0.1, 0.15) is 37.0 Å². The van der Waals surface area contributed by atoms with Crippen LogP contribution in [0.5, 0.6) is 0 Å². The molecule has 1 aromatic heterocycles. The normalized spacial score (nSPS) is 17.0. The number of aromatic nitrogens is 2. The molecule has 1 atom stereocenters. The monoisotopic (exact) mass is 367 g/mol. The number of hydrogen-bond donors (Lipinski definition) is 2. The van der Waals surface area contributed by atoms with Gasteiger partial charge < -0.3 is 16.0 Å². The van der Waals surface area contributed by atoms with Crippen LogP contribution in [-0.2, 0) is 4.79 Å². The summed E-state index contributed by atoms with van der Waals surface area (Å²) in [5.41, 5.74) is 7.63. The number of carbonyl (C=O) groups is 2. The Bertz CT molecular complexity index is 802. The Balaban J connectivity index is 1.69. The second-order valence-corrected chi connectivity index (χ2v) is 7.17. The van der Waals surface area contributed by atoms with Crippen LogP contribution in [0.4, 0.5) is 5.82 Å². The highest BCUT2D eigenvalue weighted by molar-refractivity contribution is 5.95. The van der Waals surface area contributed by atoms with Crippen molar-refractivity contribution >= 4 is 17.6 Å². The lowest BCUT2D eigenvalue weighted by molar-refractivity contribution is -0.123. The van der Waals surface area contributed by atoms with Crippen LogP contribution in [0.25, 0.3) is 11.3 Å². The zero-order chi connectivity index (χ0) is 19.4. The number of benzene rings is 1. The van der Waals surface area contributed by atoms with Crippen LogP contribution in [0.2, 0.25) is 0 Å². The van der Waals surface area contributed by atoms with E-state index in [0.717, 1.165) is 29.9 Å². The molecule has 3 rings (SSSR count). The number of piperidine rings is 1. The van der Waals surface area contributed by atoms with E-state index in [9.17, 15) is 9.59 Å². The summed E-state index contributed by atoms with van der Waals surface area (Å²) < 4.78 is 0. The number of amides is 2. The van der Waals surface area contributed by atoms with Gasteiger partial charge in [-0.05, 0) is 51.0 Å². The Kier molecular flexibility index (Phi) is 5.69. The molecule has 1 fully saturated rings. The summed E-state index contributed by atoms with van der Waals surface area (Å²) in [6.07, 6.45) is 1.54. The minimum absolute atomic E-state index is 0.0740. The molecule has 0 saturated carbocycles. The van der Waals surface area contributed by atoms with Gasteiger partial charge in [0.05, 0.1) is 11.6 Å². The van der Waals surface area contributed by atoms with E-state index < -0.39 is 0 Å². The van der Waals surface area contributed by atoms with Crippen molar-refractivity contribution in [2.75, 3.05) is 18.4 Å². The molecular weight excluding hydrogens is 342 g/mol. The zero-order valence-electron chi connectivity index (χ0n) is 15.7. The topological polar surface area (TPSA) is 101 Å². The van der Waals surface area contributed by atoms with E-state index in [1.54, 1.807) is 17.0 Å². The van der Waals surface area contributed by atoms with E-state index >= 15 is 0 Å². The number of likely N-dealkylation sites (tertiary alicyclic amines) is 1. The van der Waals surface area contributed by atoms with Gasteiger partial charge in [-0.2, -0.15) is 0 Å². The van der Waals surface area contributed by atoms with Crippen molar-refractivity contribution in [1.82, 2.24) is 15.1 Å². The highest BCUT2D eigenvalue weighted by atomic mass is 16.2. The van der Waals surface area contributed by atoms with Crippen molar-refractivity contribution in [1.29, 1.82) is 0 Å². The molecule has 1 aromatic carbocycles. The summed E-state index contributed by atoms with van der Waals surface area (Å²) in [4.78, 5) is 25.8. The molecule has 2 aromatic rings. The molecule has 3 N–H and O–H groups in total. The third-order valence-electron chi connectivity index (χ3n) is 4.64. The molecule has 1 saturated heterocycles. The maximum atomic E-state index is 12.7. The molecule has 0 radical (unpaired) electrons. The predicted octanol–water partition coefficient (Wildman–Crippen LogP) is 2.30. The Morgan fingerprint density at radius 1 is 1.15 bits per heavy atom. The highest BCUT2D eigenvalue weighted by Crippen LogP contribution is 2.21. The molecule has 7 nitrogen and oxygen atoms in total. The molecule has 1 aliphatic heterocycles. The first-order chi connectivity index (χ1) is 12.9. The number of anilines is 1. The first-order valence-corrected chi connectivity index (χ1v) is 9.23. The third-order valence-corrected chi connectivity index (χ3v) is 4.64. The molecule has 1 aliphatic rings. The van der Waals surface area contributed by atoms with Crippen LogP contribution in [0.15, 0.2) is 36.4 Å². The van der Waals surface area contributed by atoms with Crippen molar-refractivity contribution in [3.8, 4) is 11.3 Å². The van der Waals surface area contributed by atoms with Gasteiger partial charge in [0.2, 0.25) is 5.91 Å². The smallest absolute Gasteiger partial charge is 0.253 e. The first-order valence-electron chi connectivity index (χ1n) is 9.23. The zero-order valence-corrected chi connectivity index (χ0v) is 15.7. The van der Waals surface area contributed by atoms with Crippen molar-refractivity contribution in [3.05, 3.63) is 42.0 Å². The minimum atomic E-state index is -0.336. The molecule has 0 spiro atoms. The Morgan fingerprint density at radius 3 is 2.48 bits per heavy atom. The van der Waals surface area contributed by atoms with Crippen LogP contribution in [0, 0.1) is 5.92 Å². The summed E-state index contributed by atoms with van der Waals surface area (Å²) >= 11 is 0. The van der Waals surface area contributed by atoms with Gasteiger partial charge in [-0.1, -0.05) is 12.1 Å². The summed E-state index contributed by atoms with van der Waals surface area (Å²) in [6, 6.07) is 11.4. The van der Waals surface area contributed by atoms with Gasteiger partial charge in [-0.25, -0.2) is 0 Å². The Labute approximate surface area is 159 Å². The minimum Gasteiger partial charge on any atom is -0.369 e. The summed E-state index contributed by atoms with van der Waals surface area (Å²) in [5.74, 6) is 0.0664. The second-order valence-electron chi connectivity index (χ2n) is 7.17. The van der Waals surface area contributed by atoms with Crippen LogP contribution in [-0.4, -0.2) is 46.0 Å². The van der Waals surface area contributed by atoms with Gasteiger partial charge in [-0.15, -0.1) is 10.2 Å². The van der Waals surface area contributed by atoms with Gasteiger partial charge in [0.15, 0.2) is 0 Å². The van der Waals surface area contributed by atoms with Gasteiger partial charge in [0.25, 0.3) is 5.91 Å². The van der Waals surface area contributed by atoms with E-state index in [0.29, 0.717) is 24.7 Å². The molecule has 0 aliphatic carbocycles. The van der Waals surface area contributed by atoms with Gasteiger partial charge in [0, 0.05) is 30.3 Å². The Hall–Kier alpha value is -2.96. The fourth-order valence-electron chi connectivity index (χ4n) is 3.22. The quantitative estimate of drug-likeness (QED) is 0.844. The predicted molar refractivity (Wildman–Crippen MR) is 104 cm³/mol. The number of carbonyl (C=O) groups excluding carboxylic acids is 2. The van der Waals surface area contributed by atoms with Crippen molar-refractivity contribution in [2.45, 2.75) is 32.7 Å². The molecule has 2 heterocycles. The molecule has 0 bridgehead atoms. The molecule has 0 unspecified atom stereocenters. The number of hydrogen-bond acceptors (Lipinski definition) is 5. The lowest BCUT2D eigenvalue weighted by atomic mass is 9.96. The fraction of sp³-hybridized carbons (Fsp3) is 0.400. The maximum Gasteiger partial charge on any atom is 0.253 e. The van der Waals surface area contributed by atoms with Crippen molar-refractivity contribution < 1.29 is 9.59 Å². The van der Waals surface area contributed by atoms with Crippen LogP contribution in [0.3, 0.4) is 0 Å². The Morgan fingerprint density at radius 2 is 1.89 bits per heavy atom. The summed E-state index contributed by atoms with van der Waals surface area (Å²) in [6.45, 7) is 5.13. The number of nitrogens with one attached hydrogen (secondary N) is 1. The van der Waals surface area contributed by atoms with E-state index in [2.05, 4.69) is 15.5 Å². The average Bonchev–Trinajstić information content (AvgIpc) is 2.68. The standard InChI is InChI=1S/C20H25N5O2/c1-13(2)22-18-10-9-17(23-24-18)14-5-7-15(8-6-14)20(27)25-11-3-4-16(12-25)19(21)26/h5-10,13,16H,3-4,11-12H2,1-2H3,(H2,21,26)(H,22,24)/t16-/m0/s1. The summed E-state index contributed by atoms with van der Waals surface area (Å²) in [5, 5.41) is 11.6. The van der Waals surface area contributed by atoms with E-state index in [1.807, 2.05) is 38.1 Å². The number of primary amides is 1. The van der Waals surface area contributed by atoms with E-state index in [-0.39, 0.29) is 17.7 Å². The highest BCUT2D eigenvalue weighted by Gasteiger charge is 2.27. The second kappa shape index (κ2) is 8.16. The van der Waals surface area contributed by atoms with Crippen LogP contribution < -0.4 is 11.1 Å². The maximum absolute atomic E-state index is 12.7. The number of nitrogens with zero attached hydrogens (tertiary/aromatic N) is 3. The summed E-state index contributed by atoms with van der Waals surface area (Å²) in [7, 11) is 0. The lowest BCUT2D eigenvalue weighted by Gasteiger charge is -2.31. The average molecular weight is 367 g/mol. The largest absolute Gasteiger partial charge is 0.369 e. The van der Waals surface area contributed by atoms with Crippen molar-refractivity contribution in [3.63, 3.8) is 0 Å². The van der Waals surface area contributed by atoms with Gasteiger partial charge in [0.1, 0.15) is 5.82 Å². The van der Waals surface area contributed by atoms with Crippen molar-refractivity contribution in [2.24, 2.45) is 11.7 Å². The van der Waals surface area contributed by atoms with Gasteiger partial charge >= 0.3 is 0 Å². The first kappa shape index (κ1) is 18.8. The molecular formula is C20H25N5O2. The molecule has 27 heavy (non-hydrogen) atoms. The molecule has 2 amide bonds. The van der Waals surface area contributed by atoms with E-state index in [1.165, 1.54) is 0 Å². The third kappa shape index (κ3) is 4.61. The SMILES string of the molecule is CC(C)Nc1ccc(-c2ccc(C(=O)N3CCC[C@H](C(N)=O)C3)cc2)nn1. The number of nitrogens with two attached hydrogens (primary N) is 1. The lowest BCUT2D eigenvalue weighted by Crippen LogP contribution is -2.44. The van der Waals surface area contributed by atoms with Crippen LogP contribution >= 0.6 is 0 Å². The van der Waals surface area contributed by atoms with E-state index in [4.69, 9.17) is 5.73 Å². The molecule has 142 valence electrons. The molecule has 7 heteroatoms.